The third-order valence-corrected chi connectivity index (χ3v) is 7.56. The average molecular weight is 612 g/mol. The Labute approximate surface area is 269 Å². The Morgan fingerprint density at radius 3 is 2.20 bits per heavy atom. The molecule has 3 aromatic carbocycles. The van der Waals surface area contributed by atoms with Gasteiger partial charge in [-0.1, -0.05) is 106 Å². The highest BCUT2D eigenvalue weighted by Gasteiger charge is 2.36. The molecule has 3 aromatic rings. The van der Waals surface area contributed by atoms with Crippen LogP contribution in [-0.4, -0.2) is 41.0 Å². The first kappa shape index (κ1) is 35.1. The summed E-state index contributed by atoms with van der Waals surface area (Å²) in [5.41, 5.74) is 4.21. The number of benzene rings is 3. The van der Waals surface area contributed by atoms with Gasteiger partial charge in [-0.05, 0) is 74.9 Å². The van der Waals surface area contributed by atoms with Crippen LogP contribution in [0.3, 0.4) is 0 Å². The molecule has 0 aliphatic rings. The van der Waals surface area contributed by atoms with E-state index >= 15 is 0 Å². The maximum Gasteiger partial charge on any atom is 0.408 e. The minimum absolute atomic E-state index is 0.238. The smallest absolute Gasteiger partial charge is 0.408 e. The monoisotopic (exact) mass is 611 g/mol. The number of nitrogens with zero attached hydrogens (tertiary/aromatic N) is 1. The third kappa shape index (κ3) is 10.6. The van der Waals surface area contributed by atoms with Crippen molar-refractivity contribution in [2.45, 2.75) is 91.3 Å². The zero-order valence-corrected chi connectivity index (χ0v) is 27.7. The van der Waals surface area contributed by atoms with Gasteiger partial charge in [-0.2, -0.15) is 0 Å². The highest BCUT2D eigenvalue weighted by atomic mass is 16.6. The van der Waals surface area contributed by atoms with Crippen molar-refractivity contribution in [2.75, 3.05) is 11.9 Å². The van der Waals surface area contributed by atoms with Gasteiger partial charge in [-0.15, -0.1) is 0 Å². The van der Waals surface area contributed by atoms with Crippen molar-refractivity contribution < 1.29 is 19.1 Å². The lowest BCUT2D eigenvalue weighted by Crippen LogP contribution is -2.53. The fraction of sp³-hybridized carbons (Fsp3) is 0.395. The van der Waals surface area contributed by atoms with E-state index in [2.05, 4.69) is 24.1 Å². The Morgan fingerprint density at radius 1 is 0.911 bits per heavy atom. The molecule has 0 aromatic heterocycles. The fourth-order valence-electron chi connectivity index (χ4n) is 5.31. The molecule has 0 saturated heterocycles. The number of hydrogen-bond donors (Lipinski definition) is 2. The van der Waals surface area contributed by atoms with Crippen LogP contribution >= 0.6 is 0 Å². The molecular weight excluding hydrogens is 562 g/mol. The lowest BCUT2D eigenvalue weighted by Gasteiger charge is -2.35. The molecule has 0 fully saturated rings. The number of amides is 3. The van der Waals surface area contributed by atoms with Crippen LogP contribution in [0.15, 0.2) is 79.4 Å². The molecule has 0 saturated carbocycles. The van der Waals surface area contributed by atoms with Gasteiger partial charge in [-0.25, -0.2) is 4.79 Å². The predicted octanol–water partition coefficient (Wildman–Crippen LogP) is 8.17. The van der Waals surface area contributed by atoms with E-state index in [4.69, 9.17) is 4.74 Å². The van der Waals surface area contributed by atoms with Gasteiger partial charge in [0.15, 0.2) is 0 Å². The van der Waals surface area contributed by atoms with Crippen LogP contribution in [0.4, 0.5) is 10.5 Å². The summed E-state index contributed by atoms with van der Waals surface area (Å²) in [6, 6.07) is 21.0. The normalized spacial score (nSPS) is 12.5. The second-order valence-electron chi connectivity index (χ2n) is 12.5. The van der Waals surface area contributed by atoms with Gasteiger partial charge in [0.25, 0.3) is 5.91 Å². The number of aryl methyl sites for hydroxylation is 2. The standard InChI is InChI=1S/C38H49N3O4/c1-8-10-11-15-24-41(36(43)32(26-30-20-13-12-14-21-30)39-37(44)45-38(5,6)7)34(31-23-17-22-29(9-2)25-31)35(42)40-33-27(3)18-16-19-28(33)4/h9,12-14,16-23,25,32,34H,2,8,10-11,15,24,26H2,1,3-7H3,(H,39,44)(H,40,42). The molecule has 45 heavy (non-hydrogen) atoms. The first-order valence-electron chi connectivity index (χ1n) is 15.9. The number of carbonyl (C=O) groups is 3. The number of anilines is 1. The number of alkyl carbamates (subject to hydrolysis) is 1. The minimum Gasteiger partial charge on any atom is -0.444 e. The van der Waals surface area contributed by atoms with E-state index in [-0.39, 0.29) is 18.2 Å². The molecule has 0 heterocycles. The molecule has 0 aliphatic heterocycles. The van der Waals surface area contributed by atoms with Gasteiger partial charge in [0, 0.05) is 18.7 Å². The van der Waals surface area contributed by atoms with Gasteiger partial charge in [0.1, 0.15) is 17.7 Å². The topological polar surface area (TPSA) is 87.7 Å². The molecule has 0 bridgehead atoms. The van der Waals surface area contributed by atoms with Gasteiger partial charge in [0.2, 0.25) is 5.91 Å². The zero-order valence-electron chi connectivity index (χ0n) is 27.7. The van der Waals surface area contributed by atoms with Crippen molar-refractivity contribution in [3.63, 3.8) is 0 Å². The highest BCUT2D eigenvalue weighted by molar-refractivity contribution is 6.00. The fourth-order valence-corrected chi connectivity index (χ4v) is 5.31. The number of rotatable bonds is 14. The number of ether oxygens (including phenoxy) is 1. The SMILES string of the molecule is C=Cc1cccc(C(C(=O)Nc2c(C)cccc2C)N(CCCCCC)C(=O)C(Cc2ccccc2)NC(=O)OC(C)(C)C)c1. The van der Waals surface area contributed by atoms with Crippen LogP contribution in [0.25, 0.3) is 6.08 Å². The van der Waals surface area contributed by atoms with Gasteiger partial charge < -0.3 is 20.3 Å². The summed E-state index contributed by atoms with van der Waals surface area (Å²) in [5.74, 6) is -0.681. The largest absolute Gasteiger partial charge is 0.444 e. The highest BCUT2D eigenvalue weighted by Crippen LogP contribution is 2.29. The van der Waals surface area contributed by atoms with Gasteiger partial charge in [0.05, 0.1) is 0 Å². The zero-order chi connectivity index (χ0) is 33.0. The molecule has 3 amide bonds. The Kier molecular flexibility index (Phi) is 13.0. The number of hydrogen-bond acceptors (Lipinski definition) is 4. The van der Waals surface area contributed by atoms with E-state index in [1.807, 2.05) is 86.6 Å². The minimum atomic E-state index is -0.966. The van der Waals surface area contributed by atoms with Crippen LogP contribution in [0.2, 0.25) is 0 Å². The molecular formula is C38H49N3O4. The second kappa shape index (κ2) is 16.6. The molecule has 0 spiro atoms. The Morgan fingerprint density at radius 2 is 1.58 bits per heavy atom. The summed E-state index contributed by atoms with van der Waals surface area (Å²) in [6.45, 7) is 15.6. The first-order chi connectivity index (χ1) is 21.4. The lowest BCUT2D eigenvalue weighted by atomic mass is 9.98. The summed E-state index contributed by atoms with van der Waals surface area (Å²) in [5, 5.41) is 5.98. The predicted molar refractivity (Wildman–Crippen MR) is 183 cm³/mol. The first-order valence-corrected chi connectivity index (χ1v) is 15.9. The van der Waals surface area contributed by atoms with E-state index in [1.54, 1.807) is 31.7 Å². The van der Waals surface area contributed by atoms with Crippen molar-refractivity contribution >= 4 is 29.7 Å². The van der Waals surface area contributed by atoms with Crippen LogP contribution in [0, 0.1) is 13.8 Å². The van der Waals surface area contributed by atoms with Crippen molar-refractivity contribution in [3.05, 3.63) is 107 Å². The summed E-state index contributed by atoms with van der Waals surface area (Å²) in [6.07, 6.45) is 4.92. The molecule has 0 radical (unpaired) electrons. The number of nitrogens with one attached hydrogen (secondary N) is 2. The van der Waals surface area contributed by atoms with Crippen molar-refractivity contribution in [1.82, 2.24) is 10.2 Å². The second-order valence-corrected chi connectivity index (χ2v) is 12.5. The van der Waals surface area contributed by atoms with Crippen LogP contribution in [-0.2, 0) is 20.7 Å². The Bertz CT molecular complexity index is 1420. The van der Waals surface area contributed by atoms with E-state index in [1.165, 1.54) is 0 Å². The average Bonchev–Trinajstić information content (AvgIpc) is 2.99. The molecule has 240 valence electrons. The van der Waals surface area contributed by atoms with Gasteiger partial charge in [-0.3, -0.25) is 9.59 Å². The van der Waals surface area contributed by atoms with E-state index in [0.717, 1.165) is 47.2 Å². The molecule has 2 unspecified atom stereocenters. The summed E-state index contributed by atoms with van der Waals surface area (Å²) >= 11 is 0. The third-order valence-electron chi connectivity index (χ3n) is 7.56. The van der Waals surface area contributed by atoms with Crippen LogP contribution in [0.1, 0.15) is 87.2 Å². The molecule has 2 atom stereocenters. The maximum absolute atomic E-state index is 14.7. The maximum atomic E-state index is 14.7. The van der Waals surface area contributed by atoms with E-state index in [9.17, 15) is 14.4 Å². The molecule has 2 N–H and O–H groups in total. The van der Waals surface area contributed by atoms with Crippen molar-refractivity contribution in [3.8, 4) is 0 Å². The Balaban J connectivity index is 2.12. The molecule has 0 aliphatic carbocycles. The summed E-state index contributed by atoms with van der Waals surface area (Å²) in [4.78, 5) is 43.8. The number of unbranched alkanes of at least 4 members (excludes halogenated alkanes) is 3. The van der Waals surface area contributed by atoms with Crippen molar-refractivity contribution in [1.29, 1.82) is 0 Å². The molecule has 7 heteroatoms. The van der Waals surface area contributed by atoms with E-state index in [0.29, 0.717) is 18.5 Å². The lowest BCUT2D eigenvalue weighted by molar-refractivity contribution is -0.140. The summed E-state index contributed by atoms with van der Waals surface area (Å²) < 4.78 is 5.57. The molecule has 3 rings (SSSR count). The number of carbonyl (C=O) groups excluding carboxylic acids is 3. The van der Waals surface area contributed by atoms with Crippen molar-refractivity contribution in [2.24, 2.45) is 0 Å². The summed E-state index contributed by atoms with van der Waals surface area (Å²) in [7, 11) is 0. The number of para-hydroxylation sites is 1. The van der Waals surface area contributed by atoms with Crippen LogP contribution in [0.5, 0.6) is 0 Å². The van der Waals surface area contributed by atoms with Gasteiger partial charge >= 0.3 is 6.09 Å². The quantitative estimate of drug-likeness (QED) is 0.180. The Hall–Kier alpha value is -4.39. The molecule has 7 nitrogen and oxygen atoms in total. The van der Waals surface area contributed by atoms with Crippen LogP contribution < -0.4 is 10.6 Å². The van der Waals surface area contributed by atoms with E-state index < -0.39 is 23.8 Å².